The monoisotopic (exact) mass is 393 g/mol. The zero-order valence-electron chi connectivity index (χ0n) is 15.0. The SMILES string of the molecule is CCOC(=O)c1ccc(N(Cc2c(Cl)cccc2Cl)C(=O)C(C)C)cc1. The van der Waals surface area contributed by atoms with E-state index in [1.165, 1.54) is 0 Å². The fourth-order valence-electron chi connectivity index (χ4n) is 2.44. The van der Waals surface area contributed by atoms with Crippen molar-refractivity contribution < 1.29 is 14.3 Å². The highest BCUT2D eigenvalue weighted by atomic mass is 35.5. The van der Waals surface area contributed by atoms with Crippen LogP contribution in [-0.4, -0.2) is 18.5 Å². The van der Waals surface area contributed by atoms with E-state index in [0.717, 1.165) is 0 Å². The van der Waals surface area contributed by atoms with Crippen LogP contribution in [0.1, 0.15) is 36.7 Å². The van der Waals surface area contributed by atoms with Gasteiger partial charge >= 0.3 is 5.97 Å². The van der Waals surface area contributed by atoms with E-state index in [4.69, 9.17) is 27.9 Å². The molecule has 2 aromatic rings. The fourth-order valence-corrected chi connectivity index (χ4v) is 2.96. The zero-order chi connectivity index (χ0) is 19.3. The number of rotatable bonds is 6. The van der Waals surface area contributed by atoms with Crippen molar-refractivity contribution in [2.45, 2.75) is 27.3 Å². The van der Waals surface area contributed by atoms with Crippen molar-refractivity contribution in [2.24, 2.45) is 5.92 Å². The highest BCUT2D eigenvalue weighted by molar-refractivity contribution is 6.36. The summed E-state index contributed by atoms with van der Waals surface area (Å²) in [6.45, 7) is 5.97. The predicted molar refractivity (Wildman–Crippen MR) is 105 cm³/mol. The van der Waals surface area contributed by atoms with Gasteiger partial charge in [-0.1, -0.05) is 43.1 Å². The molecule has 0 saturated heterocycles. The van der Waals surface area contributed by atoms with Crippen molar-refractivity contribution in [1.29, 1.82) is 0 Å². The highest BCUT2D eigenvalue weighted by Crippen LogP contribution is 2.29. The normalized spacial score (nSPS) is 10.7. The van der Waals surface area contributed by atoms with Crippen molar-refractivity contribution in [2.75, 3.05) is 11.5 Å². The molecule has 138 valence electrons. The summed E-state index contributed by atoms with van der Waals surface area (Å²) in [5.74, 6) is -0.666. The maximum absolute atomic E-state index is 12.7. The van der Waals surface area contributed by atoms with Crippen LogP contribution in [0.25, 0.3) is 0 Å². The molecule has 0 bridgehead atoms. The Morgan fingerprint density at radius 3 is 2.12 bits per heavy atom. The molecular weight excluding hydrogens is 373 g/mol. The van der Waals surface area contributed by atoms with E-state index in [2.05, 4.69) is 0 Å². The summed E-state index contributed by atoms with van der Waals surface area (Å²) in [5.41, 5.74) is 1.77. The molecule has 0 saturated carbocycles. The summed E-state index contributed by atoms with van der Waals surface area (Å²) < 4.78 is 4.99. The topological polar surface area (TPSA) is 46.6 Å². The Labute approximate surface area is 163 Å². The Bertz CT molecular complexity index is 768. The molecule has 0 fully saturated rings. The number of ether oxygens (including phenoxy) is 1. The van der Waals surface area contributed by atoms with Gasteiger partial charge in [0, 0.05) is 27.2 Å². The third kappa shape index (κ3) is 4.77. The number of halogens is 2. The first-order valence-electron chi connectivity index (χ1n) is 8.36. The smallest absolute Gasteiger partial charge is 0.338 e. The van der Waals surface area contributed by atoms with Crippen LogP contribution in [0.5, 0.6) is 0 Å². The summed E-state index contributed by atoms with van der Waals surface area (Å²) in [7, 11) is 0. The van der Waals surface area contributed by atoms with E-state index < -0.39 is 5.97 Å². The molecule has 1 amide bonds. The van der Waals surface area contributed by atoms with Gasteiger partial charge in [-0.15, -0.1) is 0 Å². The highest BCUT2D eigenvalue weighted by Gasteiger charge is 2.22. The van der Waals surface area contributed by atoms with E-state index in [1.54, 1.807) is 54.3 Å². The lowest BCUT2D eigenvalue weighted by Gasteiger charge is -2.26. The van der Waals surface area contributed by atoms with Crippen molar-refractivity contribution in [3.63, 3.8) is 0 Å². The first-order valence-corrected chi connectivity index (χ1v) is 9.12. The number of nitrogens with zero attached hydrogens (tertiary/aromatic N) is 1. The molecule has 6 heteroatoms. The number of benzene rings is 2. The third-order valence-corrected chi connectivity index (χ3v) is 4.54. The van der Waals surface area contributed by atoms with Gasteiger partial charge in [0.25, 0.3) is 0 Å². The minimum atomic E-state index is -0.394. The second-order valence-corrected chi connectivity index (χ2v) is 6.86. The van der Waals surface area contributed by atoms with Crippen LogP contribution in [-0.2, 0) is 16.1 Å². The summed E-state index contributed by atoms with van der Waals surface area (Å²) >= 11 is 12.5. The largest absolute Gasteiger partial charge is 0.462 e. The van der Waals surface area contributed by atoms with Crippen LogP contribution in [0.3, 0.4) is 0 Å². The van der Waals surface area contributed by atoms with Crippen LogP contribution >= 0.6 is 23.2 Å². The van der Waals surface area contributed by atoms with Crippen LogP contribution in [0, 0.1) is 5.92 Å². The number of carbonyl (C=O) groups is 2. The predicted octanol–water partition coefficient (Wildman–Crippen LogP) is 5.36. The van der Waals surface area contributed by atoms with E-state index >= 15 is 0 Å². The van der Waals surface area contributed by atoms with Gasteiger partial charge in [0.15, 0.2) is 0 Å². The van der Waals surface area contributed by atoms with Crippen molar-refractivity contribution in [3.8, 4) is 0 Å². The molecule has 0 atom stereocenters. The summed E-state index contributed by atoms with van der Waals surface area (Å²) in [4.78, 5) is 26.2. The number of carbonyl (C=O) groups excluding carboxylic acids is 2. The molecule has 0 aliphatic heterocycles. The van der Waals surface area contributed by atoms with Gasteiger partial charge in [-0.3, -0.25) is 4.79 Å². The Kier molecular flexibility index (Phi) is 7.06. The average molecular weight is 394 g/mol. The molecule has 0 aliphatic rings. The van der Waals surface area contributed by atoms with Crippen molar-refractivity contribution >= 4 is 40.8 Å². The number of hydrogen-bond acceptors (Lipinski definition) is 3. The van der Waals surface area contributed by atoms with Gasteiger partial charge in [0.2, 0.25) is 5.91 Å². The summed E-state index contributed by atoms with van der Waals surface area (Å²) in [6.07, 6.45) is 0. The second-order valence-electron chi connectivity index (χ2n) is 6.05. The molecule has 0 heterocycles. The quantitative estimate of drug-likeness (QED) is 0.620. The van der Waals surface area contributed by atoms with E-state index in [1.807, 2.05) is 13.8 Å². The van der Waals surface area contributed by atoms with E-state index in [0.29, 0.717) is 33.5 Å². The number of anilines is 1. The lowest BCUT2D eigenvalue weighted by Crippen LogP contribution is -2.34. The molecule has 0 unspecified atom stereocenters. The minimum Gasteiger partial charge on any atom is -0.462 e. The lowest BCUT2D eigenvalue weighted by atomic mass is 10.1. The molecule has 2 rings (SSSR count). The number of hydrogen-bond donors (Lipinski definition) is 0. The zero-order valence-corrected chi connectivity index (χ0v) is 16.5. The molecule has 0 aliphatic carbocycles. The third-order valence-electron chi connectivity index (χ3n) is 3.83. The molecule has 0 N–H and O–H groups in total. The Morgan fingerprint density at radius 1 is 1.04 bits per heavy atom. The van der Waals surface area contributed by atoms with Crippen molar-refractivity contribution in [3.05, 3.63) is 63.6 Å². The van der Waals surface area contributed by atoms with Crippen LogP contribution < -0.4 is 4.90 Å². The molecule has 0 aromatic heterocycles. The van der Waals surface area contributed by atoms with Crippen molar-refractivity contribution in [1.82, 2.24) is 0 Å². The van der Waals surface area contributed by atoms with Crippen LogP contribution in [0.4, 0.5) is 5.69 Å². The first kappa shape index (κ1) is 20.3. The van der Waals surface area contributed by atoms with E-state index in [9.17, 15) is 9.59 Å². The van der Waals surface area contributed by atoms with Gasteiger partial charge in [-0.25, -0.2) is 4.79 Å². The average Bonchev–Trinajstić information content (AvgIpc) is 2.61. The lowest BCUT2D eigenvalue weighted by molar-refractivity contribution is -0.121. The second kappa shape index (κ2) is 9.06. The summed E-state index contributed by atoms with van der Waals surface area (Å²) in [6, 6.07) is 12.0. The van der Waals surface area contributed by atoms with Gasteiger partial charge < -0.3 is 9.64 Å². The fraction of sp³-hybridized carbons (Fsp3) is 0.300. The maximum Gasteiger partial charge on any atom is 0.338 e. The van der Waals surface area contributed by atoms with Crippen LogP contribution in [0.2, 0.25) is 10.0 Å². The molecule has 0 spiro atoms. The molecule has 26 heavy (non-hydrogen) atoms. The minimum absolute atomic E-state index is 0.0649. The molecule has 0 radical (unpaired) electrons. The Hall–Kier alpha value is -2.04. The summed E-state index contributed by atoms with van der Waals surface area (Å²) in [5, 5.41) is 1.00. The molecular formula is C20H21Cl2NO3. The van der Waals surface area contributed by atoms with Gasteiger partial charge in [0.1, 0.15) is 0 Å². The molecule has 2 aromatic carbocycles. The number of esters is 1. The first-order chi connectivity index (χ1) is 12.3. The van der Waals surface area contributed by atoms with Crippen LogP contribution in [0.15, 0.2) is 42.5 Å². The van der Waals surface area contributed by atoms with E-state index in [-0.39, 0.29) is 18.4 Å². The Balaban J connectivity index is 2.36. The van der Waals surface area contributed by atoms with Gasteiger partial charge in [0.05, 0.1) is 18.7 Å². The number of amides is 1. The Morgan fingerprint density at radius 2 is 1.62 bits per heavy atom. The van der Waals surface area contributed by atoms with Gasteiger partial charge in [-0.05, 0) is 43.3 Å². The van der Waals surface area contributed by atoms with Gasteiger partial charge in [-0.2, -0.15) is 0 Å². The molecule has 4 nitrogen and oxygen atoms in total. The standard InChI is InChI=1S/C20H21Cl2NO3/c1-4-26-20(25)14-8-10-15(11-9-14)23(19(24)13(2)3)12-16-17(21)6-5-7-18(16)22/h5-11,13H,4,12H2,1-3H3. The maximum atomic E-state index is 12.7.